The highest BCUT2D eigenvalue weighted by Crippen LogP contribution is 2.23. The van der Waals surface area contributed by atoms with Crippen LogP contribution < -0.4 is 21.3 Å². The lowest BCUT2D eigenvalue weighted by molar-refractivity contribution is 0.0994. The summed E-state index contributed by atoms with van der Waals surface area (Å²) in [7, 11) is 0. The molecule has 0 bridgehead atoms. The van der Waals surface area contributed by atoms with E-state index in [9.17, 15) is 4.79 Å². The van der Waals surface area contributed by atoms with Gasteiger partial charge in [-0.05, 0) is 43.7 Å². The van der Waals surface area contributed by atoms with Gasteiger partial charge in [0.2, 0.25) is 5.88 Å². The number of primary amides is 1. The molecule has 4 heterocycles. The number of amides is 1. The summed E-state index contributed by atoms with van der Waals surface area (Å²) in [4.78, 5) is 22.0. The predicted molar refractivity (Wildman–Crippen MR) is 130 cm³/mol. The molecule has 184 valence electrons. The number of pyridine rings is 1. The van der Waals surface area contributed by atoms with Crippen LogP contribution >= 0.6 is 0 Å². The zero-order valence-corrected chi connectivity index (χ0v) is 19.7. The highest BCUT2D eigenvalue weighted by Gasteiger charge is 2.24. The van der Waals surface area contributed by atoms with Crippen LogP contribution in [0.2, 0.25) is 0 Å². The summed E-state index contributed by atoms with van der Waals surface area (Å²) < 4.78 is 7.40. The van der Waals surface area contributed by atoms with E-state index in [1.54, 1.807) is 0 Å². The number of allylic oxidation sites excluding steroid dienone is 1. The number of hydroxylamine groups is 1. The molecular formula is C25H26N8O3. The number of nitrogens with zero attached hydrogens (tertiary/aromatic N) is 5. The second-order valence-electron chi connectivity index (χ2n) is 8.35. The lowest BCUT2D eigenvalue weighted by Crippen LogP contribution is -2.19. The number of ether oxygens (including phenoxy) is 1. The maximum atomic E-state index is 12.1. The Kier molecular flexibility index (Phi) is 6.83. The van der Waals surface area contributed by atoms with Gasteiger partial charge >= 0.3 is 0 Å². The quantitative estimate of drug-likeness (QED) is 0.287. The molecule has 0 saturated heterocycles. The fraction of sp³-hybridized carbons (Fsp3) is 0.240. The van der Waals surface area contributed by atoms with Crippen LogP contribution in [-0.4, -0.2) is 37.2 Å². The van der Waals surface area contributed by atoms with E-state index >= 15 is 0 Å². The van der Waals surface area contributed by atoms with E-state index in [1.807, 2.05) is 49.4 Å². The molecule has 5 rings (SSSR count). The third kappa shape index (κ3) is 5.32. The van der Waals surface area contributed by atoms with Crippen LogP contribution in [0.3, 0.4) is 0 Å². The molecule has 1 aromatic carbocycles. The Morgan fingerprint density at radius 1 is 1.17 bits per heavy atom. The molecule has 1 aliphatic rings. The highest BCUT2D eigenvalue weighted by molar-refractivity contribution is 5.95. The van der Waals surface area contributed by atoms with Gasteiger partial charge in [-0.1, -0.05) is 36.4 Å². The van der Waals surface area contributed by atoms with Crippen LogP contribution in [0.15, 0.2) is 66.4 Å². The van der Waals surface area contributed by atoms with E-state index < -0.39 is 5.91 Å². The van der Waals surface area contributed by atoms with Crippen LogP contribution in [0.5, 0.6) is 5.88 Å². The monoisotopic (exact) mass is 486 g/mol. The Balaban J connectivity index is 1.27. The van der Waals surface area contributed by atoms with Crippen LogP contribution in [0.1, 0.15) is 46.1 Å². The van der Waals surface area contributed by atoms with E-state index in [0.29, 0.717) is 29.5 Å². The number of carbonyl (C=O) groups excluding carboxylic acids is 1. The first-order valence-electron chi connectivity index (χ1n) is 11.6. The van der Waals surface area contributed by atoms with Crippen molar-refractivity contribution in [3.05, 3.63) is 94.8 Å². The summed E-state index contributed by atoms with van der Waals surface area (Å²) in [5, 5.41) is 16.1. The number of fused-ring (bicyclic) bond motifs is 1. The number of benzene rings is 1. The van der Waals surface area contributed by atoms with Gasteiger partial charge in [-0.2, -0.15) is 4.52 Å². The summed E-state index contributed by atoms with van der Waals surface area (Å²) in [6, 6.07) is 17.2. The number of hydrogen-bond acceptors (Lipinski definition) is 9. The topological polar surface area (TPSA) is 142 Å². The van der Waals surface area contributed by atoms with E-state index in [1.165, 1.54) is 16.1 Å². The normalized spacial score (nSPS) is 15.0. The first kappa shape index (κ1) is 23.4. The Bertz CT molecular complexity index is 1400. The van der Waals surface area contributed by atoms with Gasteiger partial charge in [0.25, 0.3) is 5.91 Å². The summed E-state index contributed by atoms with van der Waals surface area (Å²) in [5.74, 6) is 0.600. The standard InChI is InChI=1S/C25H26N8O3/c1-16-12-21(32-36-16)24-30-29-22-13-20(23(26)34)25(31-33(22)24)35-15-19-9-5-8-18(28-19)14-27-11-10-17-6-3-2-4-7-17/h2-9,12-13,21,27,32H,10-11,14-15H2,1H3,(H2,26,34). The number of aromatic nitrogens is 5. The van der Waals surface area contributed by atoms with Gasteiger partial charge in [0.05, 0.1) is 11.4 Å². The molecule has 0 fully saturated rings. The molecular weight excluding hydrogens is 460 g/mol. The minimum Gasteiger partial charge on any atom is -0.470 e. The second-order valence-corrected chi connectivity index (χ2v) is 8.35. The number of nitrogens with one attached hydrogen (secondary N) is 2. The van der Waals surface area contributed by atoms with Crippen molar-refractivity contribution in [2.45, 2.75) is 32.5 Å². The summed E-state index contributed by atoms with van der Waals surface area (Å²) >= 11 is 0. The average molecular weight is 487 g/mol. The van der Waals surface area contributed by atoms with E-state index in [2.05, 4.69) is 43.2 Å². The van der Waals surface area contributed by atoms with Gasteiger partial charge in [0.1, 0.15) is 24.0 Å². The maximum absolute atomic E-state index is 12.1. The largest absolute Gasteiger partial charge is 0.470 e. The first-order chi connectivity index (χ1) is 17.6. The van der Waals surface area contributed by atoms with E-state index in [4.69, 9.17) is 15.3 Å². The van der Waals surface area contributed by atoms with Gasteiger partial charge in [0.15, 0.2) is 11.5 Å². The summed E-state index contributed by atoms with van der Waals surface area (Å²) in [5.41, 5.74) is 11.8. The molecule has 11 nitrogen and oxygen atoms in total. The van der Waals surface area contributed by atoms with E-state index in [0.717, 1.165) is 18.7 Å². The molecule has 3 aromatic heterocycles. The van der Waals surface area contributed by atoms with Crippen LogP contribution in [-0.2, 0) is 24.4 Å². The van der Waals surface area contributed by atoms with Gasteiger partial charge in [-0.15, -0.1) is 20.8 Å². The Labute approximate surface area is 207 Å². The SMILES string of the molecule is CC1=CC(c2nnc3cc(C(N)=O)c(OCc4cccc(CNCCc5ccccc5)n4)nn23)NO1. The van der Waals surface area contributed by atoms with E-state index in [-0.39, 0.29) is 24.1 Å². The fourth-order valence-electron chi connectivity index (χ4n) is 3.84. The van der Waals surface area contributed by atoms with Crippen molar-refractivity contribution < 1.29 is 14.4 Å². The molecule has 36 heavy (non-hydrogen) atoms. The number of rotatable bonds is 10. The van der Waals surface area contributed by atoms with Crippen molar-refractivity contribution in [2.75, 3.05) is 6.54 Å². The molecule has 1 amide bonds. The van der Waals surface area contributed by atoms with Crippen molar-refractivity contribution in [3.8, 4) is 5.88 Å². The fourth-order valence-corrected chi connectivity index (χ4v) is 3.84. The Hall–Kier alpha value is -4.35. The second kappa shape index (κ2) is 10.5. The molecule has 1 unspecified atom stereocenters. The van der Waals surface area contributed by atoms with Crippen molar-refractivity contribution in [1.29, 1.82) is 0 Å². The zero-order valence-electron chi connectivity index (χ0n) is 19.7. The van der Waals surface area contributed by atoms with Crippen LogP contribution in [0.4, 0.5) is 0 Å². The molecule has 4 N–H and O–H groups in total. The average Bonchev–Trinajstić information content (AvgIpc) is 3.51. The molecule has 1 atom stereocenters. The van der Waals surface area contributed by atoms with Crippen molar-refractivity contribution in [3.63, 3.8) is 0 Å². The number of hydrogen-bond donors (Lipinski definition) is 3. The smallest absolute Gasteiger partial charge is 0.254 e. The Morgan fingerprint density at radius 2 is 2.00 bits per heavy atom. The number of nitrogens with two attached hydrogens (primary N) is 1. The lowest BCUT2D eigenvalue weighted by atomic mass is 10.1. The molecule has 0 radical (unpaired) electrons. The van der Waals surface area contributed by atoms with Crippen molar-refractivity contribution >= 4 is 11.6 Å². The molecule has 1 aliphatic heterocycles. The van der Waals surface area contributed by atoms with Crippen LogP contribution in [0.25, 0.3) is 5.65 Å². The summed E-state index contributed by atoms with van der Waals surface area (Å²) in [6.45, 7) is 3.40. The zero-order chi connectivity index (χ0) is 24.9. The molecule has 0 aliphatic carbocycles. The van der Waals surface area contributed by atoms with Gasteiger partial charge in [0, 0.05) is 12.6 Å². The minimum absolute atomic E-state index is 0.0730. The van der Waals surface area contributed by atoms with Crippen molar-refractivity contribution in [2.24, 2.45) is 5.73 Å². The summed E-state index contributed by atoms with van der Waals surface area (Å²) in [6.07, 6.45) is 2.79. The molecule has 0 spiro atoms. The third-order valence-corrected chi connectivity index (χ3v) is 5.64. The highest BCUT2D eigenvalue weighted by atomic mass is 16.7. The predicted octanol–water partition coefficient (Wildman–Crippen LogP) is 2.01. The number of carbonyl (C=O) groups is 1. The van der Waals surface area contributed by atoms with Crippen LogP contribution in [0, 0.1) is 0 Å². The molecule has 4 aromatic rings. The molecule has 0 saturated carbocycles. The minimum atomic E-state index is -0.674. The van der Waals surface area contributed by atoms with Gasteiger partial charge in [-0.3, -0.25) is 9.78 Å². The van der Waals surface area contributed by atoms with Crippen molar-refractivity contribution in [1.82, 2.24) is 35.6 Å². The maximum Gasteiger partial charge on any atom is 0.254 e. The Morgan fingerprint density at radius 3 is 2.78 bits per heavy atom. The molecule has 11 heteroatoms. The third-order valence-electron chi connectivity index (χ3n) is 5.64. The first-order valence-corrected chi connectivity index (χ1v) is 11.6. The van der Waals surface area contributed by atoms with Gasteiger partial charge < -0.3 is 20.6 Å². The lowest BCUT2D eigenvalue weighted by Gasteiger charge is -2.11. The van der Waals surface area contributed by atoms with Gasteiger partial charge in [-0.25, -0.2) is 0 Å².